The molecular weight excluding hydrogens is 424 g/mol. The molecule has 0 atom stereocenters. The van der Waals surface area contributed by atoms with Gasteiger partial charge in [0.1, 0.15) is 5.78 Å². The van der Waals surface area contributed by atoms with Crippen LogP contribution in [0.1, 0.15) is 12.5 Å². The van der Waals surface area contributed by atoms with Gasteiger partial charge in [-0.2, -0.15) is 0 Å². The highest BCUT2D eigenvalue weighted by atomic mass is 35.5. The van der Waals surface area contributed by atoms with Crippen molar-refractivity contribution in [2.75, 3.05) is 12.3 Å². The van der Waals surface area contributed by atoms with Gasteiger partial charge in [-0.3, -0.25) is 19.9 Å². The van der Waals surface area contributed by atoms with E-state index in [0.29, 0.717) is 34.3 Å². The van der Waals surface area contributed by atoms with Gasteiger partial charge in [-0.05, 0) is 42.3 Å². The number of nitro groups is 1. The van der Waals surface area contributed by atoms with Gasteiger partial charge in [0, 0.05) is 36.3 Å². The molecule has 3 aromatic rings. The minimum atomic E-state index is -0.430. The summed E-state index contributed by atoms with van der Waals surface area (Å²) in [5.74, 6) is 0.817. The number of hydrogen-bond donors (Lipinski definition) is 0. The molecule has 2 heterocycles. The van der Waals surface area contributed by atoms with Crippen LogP contribution in [0.2, 0.25) is 5.02 Å². The lowest BCUT2D eigenvalue weighted by atomic mass is 10.0. The molecule has 4 rings (SSSR count). The summed E-state index contributed by atoms with van der Waals surface area (Å²) >= 11 is 7.82. The maximum atomic E-state index is 11.5. The Morgan fingerprint density at radius 1 is 1.23 bits per heavy atom. The lowest BCUT2D eigenvalue weighted by molar-refractivity contribution is -0.384. The molecule has 7 nitrogen and oxygen atoms in total. The van der Waals surface area contributed by atoms with Gasteiger partial charge in [0.05, 0.1) is 32.8 Å². The quantitative estimate of drug-likeness (QED) is 0.417. The summed E-state index contributed by atoms with van der Waals surface area (Å²) in [4.78, 5) is 31.2. The third-order valence-electron chi connectivity index (χ3n) is 4.68. The topological polar surface area (TPSA) is 89.9 Å². The Hall–Kier alpha value is -2.97. The first kappa shape index (κ1) is 20.3. The zero-order chi connectivity index (χ0) is 21.4. The standard InChI is InChI=1S/C21H17ClN4O3S/c1-12(27)11-30-19-10-23-21(24-19)16-6-14(7-17(8-16)26(28)29)15-5-13-3-4-25(2)20(13)18(22)9-15/h3-9H,10-11H2,1-2H3. The summed E-state index contributed by atoms with van der Waals surface area (Å²) in [6, 6.07) is 10.5. The predicted molar refractivity (Wildman–Crippen MR) is 122 cm³/mol. The van der Waals surface area contributed by atoms with E-state index in [0.717, 1.165) is 21.5 Å². The number of rotatable bonds is 5. The summed E-state index contributed by atoms with van der Waals surface area (Å²) in [5.41, 5.74) is 2.85. The second-order valence-electron chi connectivity index (χ2n) is 6.98. The first-order chi connectivity index (χ1) is 14.3. The molecule has 0 fully saturated rings. The fourth-order valence-corrected chi connectivity index (χ4v) is 4.35. The Balaban J connectivity index is 1.76. The van der Waals surface area contributed by atoms with Crippen molar-refractivity contribution in [2.45, 2.75) is 6.92 Å². The molecule has 0 spiro atoms. The minimum absolute atomic E-state index is 0.0467. The number of nitrogens with zero attached hydrogens (tertiary/aromatic N) is 4. The van der Waals surface area contributed by atoms with Gasteiger partial charge in [0.15, 0.2) is 5.84 Å². The molecule has 1 aliphatic heterocycles. The summed E-state index contributed by atoms with van der Waals surface area (Å²) in [5, 5.41) is 13.8. The number of amidine groups is 1. The van der Waals surface area contributed by atoms with E-state index in [1.54, 1.807) is 6.07 Å². The van der Waals surface area contributed by atoms with E-state index < -0.39 is 4.92 Å². The maximum Gasteiger partial charge on any atom is 0.270 e. The van der Waals surface area contributed by atoms with Gasteiger partial charge in [0.2, 0.25) is 0 Å². The molecule has 30 heavy (non-hydrogen) atoms. The first-order valence-electron chi connectivity index (χ1n) is 9.11. The molecule has 1 aliphatic rings. The molecule has 0 saturated heterocycles. The number of aromatic nitrogens is 1. The Morgan fingerprint density at radius 3 is 2.70 bits per heavy atom. The number of Topliss-reactive ketones (excluding diaryl/α,β-unsaturated/α-hetero) is 1. The normalized spacial score (nSPS) is 13.4. The lowest BCUT2D eigenvalue weighted by Crippen LogP contribution is -2.01. The molecule has 0 bridgehead atoms. The average molecular weight is 441 g/mol. The van der Waals surface area contributed by atoms with Crippen LogP contribution in [0, 0.1) is 10.1 Å². The van der Waals surface area contributed by atoms with Crippen LogP contribution < -0.4 is 0 Å². The molecule has 0 saturated carbocycles. The molecule has 2 aromatic carbocycles. The van der Waals surface area contributed by atoms with Gasteiger partial charge < -0.3 is 4.57 Å². The summed E-state index contributed by atoms with van der Waals surface area (Å²) in [7, 11) is 1.91. The number of carbonyl (C=O) groups is 1. The number of halogens is 1. The van der Waals surface area contributed by atoms with Crippen molar-refractivity contribution >= 4 is 56.6 Å². The molecule has 0 unspecified atom stereocenters. The summed E-state index contributed by atoms with van der Waals surface area (Å²) in [6.45, 7) is 1.89. The van der Waals surface area contributed by atoms with E-state index in [1.807, 2.05) is 36.0 Å². The van der Waals surface area contributed by atoms with Crippen LogP contribution in [0.4, 0.5) is 5.69 Å². The zero-order valence-corrected chi connectivity index (χ0v) is 17.8. The Kier molecular flexibility index (Phi) is 5.44. The number of carbonyl (C=O) groups excluding carboxylic acids is 1. The molecule has 0 radical (unpaired) electrons. The van der Waals surface area contributed by atoms with Crippen molar-refractivity contribution in [3.8, 4) is 11.1 Å². The molecule has 1 aromatic heterocycles. The van der Waals surface area contributed by atoms with E-state index in [2.05, 4.69) is 9.98 Å². The van der Waals surface area contributed by atoms with Crippen LogP contribution in [0.15, 0.2) is 52.6 Å². The lowest BCUT2D eigenvalue weighted by Gasteiger charge is -2.08. The Bertz CT molecular complexity index is 1260. The van der Waals surface area contributed by atoms with Crippen molar-refractivity contribution in [2.24, 2.45) is 17.0 Å². The smallest absolute Gasteiger partial charge is 0.270 e. The first-order valence-corrected chi connectivity index (χ1v) is 10.5. The molecule has 9 heteroatoms. The van der Waals surface area contributed by atoms with Crippen LogP contribution in [0.5, 0.6) is 0 Å². The summed E-state index contributed by atoms with van der Waals surface area (Å²) in [6.07, 6.45) is 1.92. The third kappa shape index (κ3) is 4.01. The van der Waals surface area contributed by atoms with Crippen LogP contribution >= 0.6 is 23.4 Å². The number of nitro benzene ring substituents is 1. The largest absolute Gasteiger partial charge is 0.349 e. The van der Waals surface area contributed by atoms with E-state index in [1.165, 1.54) is 30.8 Å². The van der Waals surface area contributed by atoms with Crippen molar-refractivity contribution in [1.82, 2.24) is 4.57 Å². The van der Waals surface area contributed by atoms with E-state index in [4.69, 9.17) is 11.6 Å². The highest BCUT2D eigenvalue weighted by Crippen LogP contribution is 2.34. The molecule has 0 N–H and O–H groups in total. The number of thioether (sulfide) groups is 1. The van der Waals surface area contributed by atoms with Crippen LogP contribution in [0.25, 0.3) is 22.0 Å². The number of fused-ring (bicyclic) bond motifs is 1. The van der Waals surface area contributed by atoms with Gasteiger partial charge >= 0.3 is 0 Å². The molecule has 0 amide bonds. The number of benzene rings is 2. The highest BCUT2D eigenvalue weighted by Gasteiger charge is 2.19. The van der Waals surface area contributed by atoms with Crippen LogP contribution in [0.3, 0.4) is 0 Å². The Morgan fingerprint density at radius 2 is 1.97 bits per heavy atom. The fourth-order valence-electron chi connectivity index (χ4n) is 3.32. The second-order valence-corrected chi connectivity index (χ2v) is 8.44. The average Bonchev–Trinajstić information content (AvgIpc) is 3.33. The number of hydrogen-bond acceptors (Lipinski definition) is 6. The van der Waals surface area contributed by atoms with Crippen molar-refractivity contribution in [1.29, 1.82) is 0 Å². The van der Waals surface area contributed by atoms with Crippen molar-refractivity contribution < 1.29 is 9.72 Å². The van der Waals surface area contributed by atoms with E-state index in [9.17, 15) is 14.9 Å². The fraction of sp³-hybridized carbons (Fsp3) is 0.190. The van der Waals surface area contributed by atoms with Crippen molar-refractivity contribution in [3.63, 3.8) is 0 Å². The SMILES string of the molecule is CC(=O)CSC1=NC(c2cc(-c3cc(Cl)c4c(ccn4C)c3)cc([N+](=O)[O-])c2)=NC1. The number of ketones is 1. The summed E-state index contributed by atoms with van der Waals surface area (Å²) < 4.78 is 1.93. The van der Waals surface area contributed by atoms with Gasteiger partial charge in [-0.15, -0.1) is 11.8 Å². The van der Waals surface area contributed by atoms with E-state index >= 15 is 0 Å². The Labute approximate surface area is 181 Å². The third-order valence-corrected chi connectivity index (χ3v) is 6.07. The van der Waals surface area contributed by atoms with Crippen LogP contribution in [-0.2, 0) is 11.8 Å². The number of aliphatic imine (C=N–C) groups is 2. The van der Waals surface area contributed by atoms with E-state index in [-0.39, 0.29) is 11.5 Å². The molecule has 152 valence electrons. The zero-order valence-electron chi connectivity index (χ0n) is 16.3. The van der Waals surface area contributed by atoms with Gasteiger partial charge in [-0.1, -0.05) is 11.6 Å². The molecule has 0 aliphatic carbocycles. The number of non-ortho nitro benzene ring substituents is 1. The molecular formula is C21H17ClN4O3S. The second kappa shape index (κ2) is 8.04. The maximum absolute atomic E-state index is 11.5. The van der Waals surface area contributed by atoms with Gasteiger partial charge in [0.25, 0.3) is 5.69 Å². The highest BCUT2D eigenvalue weighted by molar-refractivity contribution is 8.14. The van der Waals surface area contributed by atoms with Crippen molar-refractivity contribution in [3.05, 3.63) is 63.3 Å². The predicted octanol–water partition coefficient (Wildman–Crippen LogP) is 4.89. The minimum Gasteiger partial charge on any atom is -0.349 e. The van der Waals surface area contributed by atoms with Gasteiger partial charge in [-0.25, -0.2) is 4.99 Å². The number of aryl methyl sites for hydroxylation is 1. The monoisotopic (exact) mass is 440 g/mol. The van der Waals surface area contributed by atoms with Crippen LogP contribution in [-0.4, -0.2) is 38.5 Å².